The van der Waals surface area contributed by atoms with Crippen LogP contribution in [0.5, 0.6) is 0 Å². The molecule has 0 aromatic heterocycles. The molecule has 0 bridgehead atoms. The van der Waals surface area contributed by atoms with Crippen molar-refractivity contribution in [3.05, 3.63) is 0 Å². The van der Waals surface area contributed by atoms with Crippen LogP contribution in [0, 0.1) is 0 Å². The fourth-order valence-electron chi connectivity index (χ4n) is 0.969. The molecule has 7 heteroatoms. The summed E-state index contributed by atoms with van der Waals surface area (Å²) in [5.41, 5.74) is 0. The van der Waals surface area contributed by atoms with E-state index < -0.39 is 27.0 Å². The van der Waals surface area contributed by atoms with E-state index in [4.69, 9.17) is 18.2 Å². The number of ketones is 1. The first kappa shape index (κ1) is 10.3. The van der Waals surface area contributed by atoms with Crippen molar-refractivity contribution >= 4 is 27.0 Å². The van der Waals surface area contributed by atoms with Gasteiger partial charge in [0, 0.05) is 0 Å². The van der Waals surface area contributed by atoms with Crippen LogP contribution in [-0.2, 0) is 4.79 Å². The lowest BCUT2D eigenvalue weighted by Gasteiger charge is -2.32. The van der Waals surface area contributed by atoms with Crippen molar-refractivity contribution in [2.45, 2.75) is 0 Å². The van der Waals surface area contributed by atoms with Crippen LogP contribution in [0.1, 0.15) is 0 Å². The maximum Gasteiger partial charge on any atom is 0.170 e. The molecular formula is C5H12O5S2. The Kier molecular flexibility index (Phi) is 2.72. The first-order valence-corrected chi connectivity index (χ1v) is 7.07. The predicted molar refractivity (Wildman–Crippen MR) is 50.2 cm³/mol. The van der Waals surface area contributed by atoms with E-state index in [2.05, 4.69) is 0 Å². The van der Waals surface area contributed by atoms with Crippen LogP contribution in [0.3, 0.4) is 0 Å². The Bertz CT molecular complexity index is 182. The highest BCUT2D eigenvalue weighted by molar-refractivity contribution is 8.29. The molecule has 0 atom stereocenters. The summed E-state index contributed by atoms with van der Waals surface area (Å²) in [7, 11) is -5.78. The molecule has 0 spiro atoms. The summed E-state index contributed by atoms with van der Waals surface area (Å²) in [6.45, 7) is 0. The van der Waals surface area contributed by atoms with Gasteiger partial charge in [0.1, 0.15) is 0 Å². The number of rotatable bonds is 0. The van der Waals surface area contributed by atoms with Crippen molar-refractivity contribution in [1.29, 1.82) is 0 Å². The van der Waals surface area contributed by atoms with Crippen LogP contribution in [0.25, 0.3) is 0 Å². The first-order valence-electron chi connectivity index (χ1n) is 3.30. The second-order valence-electron chi connectivity index (χ2n) is 2.84. The largest absolute Gasteiger partial charge is 0.299 e. The standard InChI is InChI=1S/C5H12O5S2/c6-5-3-11(7,8)1-2-12(9,10)4-5/h7-10H,1-4H2. The molecule has 0 aliphatic carbocycles. The maximum absolute atomic E-state index is 10.9. The van der Waals surface area contributed by atoms with E-state index in [0.29, 0.717) is 0 Å². The molecule has 0 aromatic carbocycles. The quantitative estimate of drug-likeness (QED) is 0.485. The summed E-state index contributed by atoms with van der Waals surface area (Å²) in [5, 5.41) is 0. The first-order chi connectivity index (χ1) is 5.31. The van der Waals surface area contributed by atoms with Crippen molar-refractivity contribution < 1.29 is 23.0 Å². The summed E-state index contributed by atoms with van der Waals surface area (Å²) in [6, 6.07) is 0. The SMILES string of the molecule is O=C1CS(O)(O)CCS(O)(O)C1. The Labute approximate surface area is 73.5 Å². The molecule has 0 aromatic rings. The summed E-state index contributed by atoms with van der Waals surface area (Å²) < 4.78 is 36.7. The highest BCUT2D eigenvalue weighted by Gasteiger charge is 2.29. The van der Waals surface area contributed by atoms with Crippen LogP contribution in [0.4, 0.5) is 0 Å². The van der Waals surface area contributed by atoms with Crippen LogP contribution in [0.2, 0.25) is 0 Å². The number of carbonyl (C=O) groups is 1. The van der Waals surface area contributed by atoms with Gasteiger partial charge in [0.25, 0.3) is 0 Å². The van der Waals surface area contributed by atoms with Gasteiger partial charge in [0.05, 0.1) is 23.0 Å². The fraction of sp³-hybridized carbons (Fsp3) is 0.800. The summed E-state index contributed by atoms with van der Waals surface area (Å²) in [4.78, 5) is 10.9. The molecule has 1 aliphatic heterocycles. The van der Waals surface area contributed by atoms with Crippen LogP contribution in [0.15, 0.2) is 0 Å². The van der Waals surface area contributed by atoms with Gasteiger partial charge in [-0.3, -0.25) is 23.0 Å². The molecule has 1 saturated heterocycles. The molecule has 1 aliphatic rings. The lowest BCUT2D eigenvalue weighted by atomic mass is 10.5. The Hall–Kier alpha value is 0.210. The van der Waals surface area contributed by atoms with E-state index in [-0.39, 0.29) is 23.0 Å². The van der Waals surface area contributed by atoms with Gasteiger partial charge in [0.15, 0.2) is 5.78 Å². The number of carbonyl (C=O) groups excluding carboxylic acids is 1. The zero-order chi connectivity index (χ0) is 9.41. The minimum absolute atomic E-state index is 0.0823. The Morgan fingerprint density at radius 3 is 1.58 bits per heavy atom. The minimum atomic E-state index is -2.89. The Morgan fingerprint density at radius 1 is 0.917 bits per heavy atom. The zero-order valence-corrected chi connectivity index (χ0v) is 7.98. The van der Waals surface area contributed by atoms with Crippen LogP contribution in [-0.4, -0.2) is 47.0 Å². The highest BCUT2D eigenvalue weighted by atomic mass is 32.3. The molecule has 4 N–H and O–H groups in total. The van der Waals surface area contributed by atoms with Gasteiger partial charge in [-0.2, -0.15) is 21.2 Å². The van der Waals surface area contributed by atoms with Crippen molar-refractivity contribution in [2.24, 2.45) is 0 Å². The average molecular weight is 216 g/mol. The monoisotopic (exact) mass is 216 g/mol. The summed E-state index contributed by atoms with van der Waals surface area (Å²) in [5.74, 6) is -1.30. The van der Waals surface area contributed by atoms with Gasteiger partial charge < -0.3 is 0 Å². The second-order valence-corrected chi connectivity index (χ2v) is 7.44. The molecule has 1 fully saturated rings. The van der Waals surface area contributed by atoms with Crippen LogP contribution >= 0.6 is 21.2 Å². The van der Waals surface area contributed by atoms with E-state index in [1.165, 1.54) is 0 Å². The van der Waals surface area contributed by atoms with E-state index in [9.17, 15) is 4.79 Å². The fourth-order valence-corrected chi connectivity index (χ4v) is 4.76. The Balaban J connectivity index is 2.72. The van der Waals surface area contributed by atoms with E-state index in [1.807, 2.05) is 0 Å². The molecule has 0 unspecified atom stereocenters. The molecule has 0 radical (unpaired) electrons. The summed E-state index contributed by atoms with van der Waals surface area (Å²) in [6.07, 6.45) is 0. The van der Waals surface area contributed by atoms with E-state index in [1.54, 1.807) is 0 Å². The molecular weight excluding hydrogens is 204 g/mol. The van der Waals surface area contributed by atoms with Gasteiger partial charge in [0.2, 0.25) is 0 Å². The number of hydrogen-bond donors (Lipinski definition) is 4. The average Bonchev–Trinajstić information content (AvgIpc) is 1.87. The minimum Gasteiger partial charge on any atom is -0.299 e. The van der Waals surface area contributed by atoms with Crippen molar-refractivity contribution in [2.75, 3.05) is 23.0 Å². The van der Waals surface area contributed by atoms with Crippen molar-refractivity contribution in [3.63, 3.8) is 0 Å². The van der Waals surface area contributed by atoms with E-state index >= 15 is 0 Å². The zero-order valence-electron chi connectivity index (χ0n) is 6.34. The van der Waals surface area contributed by atoms with E-state index in [0.717, 1.165) is 0 Å². The topological polar surface area (TPSA) is 98.0 Å². The lowest BCUT2D eigenvalue weighted by Crippen LogP contribution is -2.15. The van der Waals surface area contributed by atoms with Crippen molar-refractivity contribution in [3.8, 4) is 0 Å². The third kappa shape index (κ3) is 2.92. The van der Waals surface area contributed by atoms with Gasteiger partial charge in [-0.1, -0.05) is 0 Å². The van der Waals surface area contributed by atoms with Crippen molar-refractivity contribution in [1.82, 2.24) is 0 Å². The van der Waals surface area contributed by atoms with Gasteiger partial charge in [-0.05, 0) is 0 Å². The molecule has 74 valence electrons. The summed E-state index contributed by atoms with van der Waals surface area (Å²) >= 11 is 0. The normalized spacial score (nSPS) is 33.5. The maximum atomic E-state index is 10.9. The van der Waals surface area contributed by atoms with Gasteiger partial charge in [-0.25, -0.2) is 0 Å². The molecule has 0 amide bonds. The molecule has 1 rings (SSSR count). The van der Waals surface area contributed by atoms with Gasteiger partial charge >= 0.3 is 0 Å². The Morgan fingerprint density at radius 2 is 1.25 bits per heavy atom. The predicted octanol–water partition coefficient (Wildman–Crippen LogP) is 1.07. The third-order valence-corrected chi connectivity index (χ3v) is 5.06. The molecule has 1 heterocycles. The second kappa shape index (κ2) is 3.17. The van der Waals surface area contributed by atoms with Crippen LogP contribution < -0.4 is 0 Å². The molecule has 12 heavy (non-hydrogen) atoms. The highest BCUT2D eigenvalue weighted by Crippen LogP contribution is 2.49. The molecule has 5 nitrogen and oxygen atoms in total. The number of hydrogen-bond acceptors (Lipinski definition) is 5. The third-order valence-electron chi connectivity index (χ3n) is 1.52. The lowest BCUT2D eigenvalue weighted by molar-refractivity contribution is -0.114. The number of Topliss-reactive ketones (excluding diaryl/α,β-unsaturated/α-hetero) is 1. The molecule has 0 saturated carbocycles. The smallest absolute Gasteiger partial charge is 0.170 e. The van der Waals surface area contributed by atoms with Gasteiger partial charge in [-0.15, -0.1) is 0 Å².